The normalized spacial score (nSPS) is 13.6. The van der Waals surface area contributed by atoms with E-state index in [1.54, 1.807) is 0 Å². The van der Waals surface area contributed by atoms with Crippen molar-refractivity contribution in [3.8, 4) is 0 Å². The largest absolute Gasteiger partial charge is 0.356 e. The van der Waals surface area contributed by atoms with Crippen molar-refractivity contribution >= 4 is 5.96 Å². The van der Waals surface area contributed by atoms with Crippen LogP contribution in [0.2, 0.25) is 0 Å². The Kier molecular flexibility index (Phi) is 15.2. The Morgan fingerprint density at radius 1 is 0.875 bits per heavy atom. The van der Waals surface area contributed by atoms with Crippen molar-refractivity contribution < 1.29 is 0 Å². The summed E-state index contributed by atoms with van der Waals surface area (Å²) in [5, 5.41) is 6.95. The lowest BCUT2D eigenvalue weighted by Gasteiger charge is -2.21. The summed E-state index contributed by atoms with van der Waals surface area (Å²) in [4.78, 5) is 9.30. The number of nitrogens with zero attached hydrogens (tertiary/aromatic N) is 3. The van der Waals surface area contributed by atoms with Crippen molar-refractivity contribution in [3.63, 3.8) is 0 Å². The van der Waals surface area contributed by atoms with Gasteiger partial charge in [-0.05, 0) is 71.9 Å². The first kappa shape index (κ1) is 23.2. The van der Waals surface area contributed by atoms with Gasteiger partial charge in [0.05, 0.1) is 0 Å². The Morgan fingerprint density at radius 3 is 1.92 bits per heavy atom. The Labute approximate surface area is 151 Å². The van der Waals surface area contributed by atoms with E-state index in [0.717, 1.165) is 38.7 Å². The van der Waals surface area contributed by atoms with Crippen molar-refractivity contribution in [2.24, 2.45) is 4.99 Å². The van der Waals surface area contributed by atoms with Gasteiger partial charge in [0.15, 0.2) is 5.96 Å². The third kappa shape index (κ3) is 11.7. The van der Waals surface area contributed by atoms with E-state index >= 15 is 0 Å². The quantitative estimate of drug-likeness (QED) is 0.290. The lowest BCUT2D eigenvalue weighted by molar-refractivity contribution is 0.292. The molecular formula is C19H43N5. The van der Waals surface area contributed by atoms with Crippen LogP contribution in [-0.4, -0.2) is 74.7 Å². The number of guanidine groups is 1. The van der Waals surface area contributed by atoms with Crippen molar-refractivity contribution in [2.45, 2.75) is 66.3 Å². The highest BCUT2D eigenvalue weighted by molar-refractivity contribution is 5.79. The Morgan fingerprint density at radius 2 is 1.42 bits per heavy atom. The van der Waals surface area contributed by atoms with Crippen LogP contribution in [0.4, 0.5) is 0 Å². The summed E-state index contributed by atoms with van der Waals surface area (Å²) in [6.07, 6.45) is 4.84. The molecular weight excluding hydrogens is 298 g/mol. The number of hydrogen-bond donors (Lipinski definition) is 2. The topological polar surface area (TPSA) is 42.9 Å². The van der Waals surface area contributed by atoms with E-state index in [-0.39, 0.29) is 0 Å². The van der Waals surface area contributed by atoms with Crippen LogP contribution in [0, 0.1) is 0 Å². The van der Waals surface area contributed by atoms with Crippen LogP contribution in [0.3, 0.4) is 0 Å². The van der Waals surface area contributed by atoms with Crippen LogP contribution < -0.4 is 10.6 Å². The highest BCUT2D eigenvalue weighted by atomic mass is 15.2. The van der Waals surface area contributed by atoms with Gasteiger partial charge < -0.3 is 20.4 Å². The summed E-state index contributed by atoms with van der Waals surface area (Å²) in [6.45, 7) is 19.2. The molecule has 0 radical (unpaired) electrons. The molecule has 5 nitrogen and oxygen atoms in total. The third-order valence-electron chi connectivity index (χ3n) is 4.70. The Hall–Kier alpha value is -0.810. The minimum atomic E-state index is 0.461. The molecule has 0 aliphatic carbocycles. The molecule has 0 aliphatic heterocycles. The molecule has 0 saturated heterocycles. The predicted molar refractivity (Wildman–Crippen MR) is 108 cm³/mol. The summed E-state index contributed by atoms with van der Waals surface area (Å²) in [5.74, 6) is 0.938. The van der Waals surface area contributed by atoms with Gasteiger partial charge >= 0.3 is 0 Å². The van der Waals surface area contributed by atoms with Crippen LogP contribution in [-0.2, 0) is 0 Å². The van der Waals surface area contributed by atoms with Crippen molar-refractivity contribution in [3.05, 3.63) is 0 Å². The second kappa shape index (κ2) is 15.7. The number of nitrogens with one attached hydrogen (secondary N) is 2. The second-order valence-electron chi connectivity index (χ2n) is 6.45. The number of hydrogen-bond acceptors (Lipinski definition) is 3. The van der Waals surface area contributed by atoms with Gasteiger partial charge in [-0.15, -0.1) is 0 Å². The number of aliphatic imine (C=N–C) groups is 1. The summed E-state index contributed by atoms with van der Waals surface area (Å²) in [7, 11) is 1.86. The first-order valence-corrected chi connectivity index (χ1v) is 10.0. The Bertz CT molecular complexity index is 298. The van der Waals surface area contributed by atoms with E-state index in [0.29, 0.717) is 6.04 Å². The zero-order chi connectivity index (χ0) is 18.2. The van der Waals surface area contributed by atoms with Crippen LogP contribution in [0.5, 0.6) is 0 Å². The molecule has 0 amide bonds. The molecule has 0 bridgehead atoms. The van der Waals surface area contributed by atoms with Gasteiger partial charge in [0.25, 0.3) is 0 Å². The fourth-order valence-corrected chi connectivity index (χ4v) is 2.87. The zero-order valence-electron chi connectivity index (χ0n) is 17.2. The highest BCUT2D eigenvalue weighted by Gasteiger charge is 2.06. The van der Waals surface area contributed by atoms with Crippen LogP contribution in [0.15, 0.2) is 4.99 Å². The van der Waals surface area contributed by atoms with Crippen molar-refractivity contribution in [1.82, 2.24) is 20.4 Å². The molecule has 0 aliphatic rings. The minimum absolute atomic E-state index is 0.461. The first-order valence-electron chi connectivity index (χ1n) is 10.0. The summed E-state index contributed by atoms with van der Waals surface area (Å²) in [6, 6.07) is 0.461. The molecule has 144 valence electrons. The molecule has 0 fully saturated rings. The molecule has 1 atom stereocenters. The predicted octanol–water partition coefficient (Wildman–Crippen LogP) is 2.78. The standard InChI is InChI=1S/C19H43N5/c1-7-23(8-2)16-12-11-15-21-19(20-6)22-18(5)14-13-17-24(9-3)10-4/h18H,7-17H2,1-6H3,(H2,20,21,22). The van der Waals surface area contributed by atoms with E-state index in [1.165, 1.54) is 38.8 Å². The van der Waals surface area contributed by atoms with Crippen molar-refractivity contribution in [2.75, 3.05) is 52.9 Å². The van der Waals surface area contributed by atoms with E-state index in [2.05, 4.69) is 60.0 Å². The summed E-state index contributed by atoms with van der Waals surface area (Å²) < 4.78 is 0. The zero-order valence-corrected chi connectivity index (χ0v) is 17.2. The molecule has 0 spiro atoms. The molecule has 2 N–H and O–H groups in total. The molecule has 0 saturated carbocycles. The minimum Gasteiger partial charge on any atom is -0.356 e. The van der Waals surface area contributed by atoms with Crippen LogP contribution in [0.25, 0.3) is 0 Å². The maximum Gasteiger partial charge on any atom is 0.191 e. The maximum absolute atomic E-state index is 4.34. The summed E-state index contributed by atoms with van der Waals surface area (Å²) >= 11 is 0. The molecule has 0 rings (SSSR count). The fraction of sp³-hybridized carbons (Fsp3) is 0.947. The monoisotopic (exact) mass is 341 g/mol. The second-order valence-corrected chi connectivity index (χ2v) is 6.45. The van der Waals surface area contributed by atoms with E-state index in [4.69, 9.17) is 0 Å². The van der Waals surface area contributed by atoms with E-state index < -0.39 is 0 Å². The Balaban J connectivity index is 3.82. The summed E-state index contributed by atoms with van der Waals surface area (Å²) in [5.41, 5.74) is 0. The fourth-order valence-electron chi connectivity index (χ4n) is 2.87. The average molecular weight is 342 g/mol. The lowest BCUT2D eigenvalue weighted by atomic mass is 10.2. The van der Waals surface area contributed by atoms with Crippen LogP contribution in [0.1, 0.15) is 60.3 Å². The van der Waals surface area contributed by atoms with Crippen LogP contribution >= 0.6 is 0 Å². The van der Waals surface area contributed by atoms with E-state index in [1.807, 2.05) is 7.05 Å². The average Bonchev–Trinajstić information content (AvgIpc) is 2.60. The molecule has 1 unspecified atom stereocenters. The van der Waals surface area contributed by atoms with Gasteiger partial charge in [-0.1, -0.05) is 27.7 Å². The molecule has 0 aromatic carbocycles. The molecule has 5 heteroatoms. The van der Waals surface area contributed by atoms with E-state index in [9.17, 15) is 0 Å². The van der Waals surface area contributed by atoms with Gasteiger partial charge in [-0.2, -0.15) is 0 Å². The number of unbranched alkanes of at least 4 members (excludes halogenated alkanes) is 1. The van der Waals surface area contributed by atoms with Gasteiger partial charge in [0, 0.05) is 19.6 Å². The van der Waals surface area contributed by atoms with Gasteiger partial charge in [0.1, 0.15) is 0 Å². The molecule has 0 aromatic heterocycles. The SMILES string of the molecule is CCN(CC)CCCCNC(=NC)NC(C)CCCN(CC)CC. The number of rotatable bonds is 14. The molecule has 24 heavy (non-hydrogen) atoms. The highest BCUT2D eigenvalue weighted by Crippen LogP contribution is 2.00. The van der Waals surface area contributed by atoms with Gasteiger partial charge in [0.2, 0.25) is 0 Å². The molecule has 0 aromatic rings. The van der Waals surface area contributed by atoms with Gasteiger partial charge in [-0.3, -0.25) is 4.99 Å². The lowest BCUT2D eigenvalue weighted by Crippen LogP contribution is -2.42. The third-order valence-corrected chi connectivity index (χ3v) is 4.70. The smallest absolute Gasteiger partial charge is 0.191 e. The van der Waals surface area contributed by atoms with Gasteiger partial charge in [-0.25, -0.2) is 0 Å². The maximum atomic E-state index is 4.34. The van der Waals surface area contributed by atoms with Crippen molar-refractivity contribution in [1.29, 1.82) is 0 Å². The first-order chi connectivity index (χ1) is 11.6. The molecule has 0 heterocycles.